The third-order valence-electron chi connectivity index (χ3n) is 2.09. The molecule has 2 heterocycles. The minimum absolute atomic E-state index is 0.266. The third kappa shape index (κ3) is 3.46. The summed E-state index contributed by atoms with van der Waals surface area (Å²) in [4.78, 5) is 22.4. The molecule has 0 saturated heterocycles. The quantitative estimate of drug-likeness (QED) is 0.907. The first kappa shape index (κ1) is 13.9. The number of hydrogen-bond donors (Lipinski definition) is 2. The second-order valence-electron chi connectivity index (χ2n) is 3.51. The lowest BCUT2D eigenvalue weighted by Gasteiger charge is -2.00. The van der Waals surface area contributed by atoms with E-state index in [-0.39, 0.29) is 12.1 Å². The van der Waals surface area contributed by atoms with Crippen LogP contribution in [0.3, 0.4) is 0 Å². The molecular weight excluding hydrogens is 313 g/mol. The zero-order valence-electron chi connectivity index (χ0n) is 9.26. The number of nitrogens with zero attached hydrogens (tertiary/aromatic N) is 2. The van der Waals surface area contributed by atoms with Crippen LogP contribution in [0.5, 0.6) is 0 Å². The van der Waals surface area contributed by atoms with Crippen LogP contribution in [-0.4, -0.2) is 26.8 Å². The molecule has 0 aliphatic heterocycles. The number of thiophene rings is 1. The number of carbonyl (C=O) groups is 2. The van der Waals surface area contributed by atoms with E-state index in [1.165, 1.54) is 23.1 Å². The highest BCUT2D eigenvalue weighted by Gasteiger charge is 2.15. The lowest BCUT2D eigenvalue weighted by atomic mass is 10.3. The van der Waals surface area contributed by atoms with Crippen LogP contribution < -0.4 is 5.32 Å². The summed E-state index contributed by atoms with van der Waals surface area (Å²) in [6, 6.07) is 1.46. The van der Waals surface area contributed by atoms with Gasteiger partial charge >= 0.3 is 5.97 Å². The molecule has 0 unspecified atom stereocenters. The Labute approximate surface area is 121 Å². The lowest BCUT2D eigenvalue weighted by molar-refractivity contribution is -0.137. The Morgan fingerprint density at radius 3 is 2.79 bits per heavy atom. The fourth-order valence-electron chi connectivity index (χ4n) is 1.35. The van der Waals surface area contributed by atoms with Gasteiger partial charge in [-0.15, -0.1) is 11.3 Å². The van der Waals surface area contributed by atoms with Crippen molar-refractivity contribution in [2.45, 2.75) is 6.54 Å². The summed E-state index contributed by atoms with van der Waals surface area (Å²) in [5.41, 5.74) is 0.646. The summed E-state index contributed by atoms with van der Waals surface area (Å²) in [6.07, 6.45) is 2.76. The first-order chi connectivity index (χ1) is 8.95. The maximum Gasteiger partial charge on any atom is 0.325 e. The number of halogens is 2. The highest BCUT2D eigenvalue weighted by atomic mass is 35.5. The lowest BCUT2D eigenvalue weighted by Crippen LogP contribution is -2.11. The summed E-state index contributed by atoms with van der Waals surface area (Å²) in [5, 5.41) is 14.9. The van der Waals surface area contributed by atoms with Crippen molar-refractivity contribution in [3.05, 3.63) is 32.7 Å². The fourth-order valence-corrected chi connectivity index (χ4v) is 2.81. The molecule has 0 atom stereocenters. The molecule has 2 aromatic heterocycles. The van der Waals surface area contributed by atoms with Crippen molar-refractivity contribution in [2.75, 3.05) is 5.32 Å². The second kappa shape index (κ2) is 5.60. The van der Waals surface area contributed by atoms with Crippen LogP contribution >= 0.6 is 34.5 Å². The molecule has 9 heteroatoms. The molecule has 0 bridgehead atoms. The molecule has 6 nitrogen and oxygen atoms in total. The van der Waals surface area contributed by atoms with Gasteiger partial charge in [0.15, 0.2) is 0 Å². The second-order valence-corrected chi connectivity index (χ2v) is 5.80. The van der Waals surface area contributed by atoms with Crippen LogP contribution in [0.1, 0.15) is 10.4 Å². The van der Waals surface area contributed by atoms with E-state index < -0.39 is 11.9 Å². The molecule has 0 aromatic carbocycles. The van der Waals surface area contributed by atoms with Crippen molar-refractivity contribution in [2.24, 2.45) is 0 Å². The van der Waals surface area contributed by atoms with Crippen molar-refractivity contribution >= 4 is 52.1 Å². The number of aromatic nitrogens is 2. The molecule has 2 N–H and O–H groups in total. The topological polar surface area (TPSA) is 84.2 Å². The van der Waals surface area contributed by atoms with Crippen LogP contribution in [0.25, 0.3) is 0 Å². The minimum Gasteiger partial charge on any atom is -0.480 e. The normalized spacial score (nSPS) is 10.4. The maximum absolute atomic E-state index is 11.9. The van der Waals surface area contributed by atoms with Gasteiger partial charge in [-0.3, -0.25) is 14.3 Å². The van der Waals surface area contributed by atoms with Crippen LogP contribution in [0.15, 0.2) is 18.5 Å². The van der Waals surface area contributed by atoms with Gasteiger partial charge in [-0.2, -0.15) is 5.10 Å². The SMILES string of the molecule is O=C(O)Cn1cc(NC(=O)c2cc(Cl)sc2Cl)cn1. The average Bonchev–Trinajstić information content (AvgIpc) is 2.84. The van der Waals surface area contributed by atoms with Crippen molar-refractivity contribution in [1.82, 2.24) is 9.78 Å². The van der Waals surface area contributed by atoms with Gasteiger partial charge in [0, 0.05) is 6.20 Å². The first-order valence-corrected chi connectivity index (χ1v) is 6.53. The highest BCUT2D eigenvalue weighted by molar-refractivity contribution is 7.20. The van der Waals surface area contributed by atoms with Crippen molar-refractivity contribution in [3.8, 4) is 0 Å². The summed E-state index contributed by atoms with van der Waals surface area (Å²) >= 11 is 12.7. The van der Waals surface area contributed by atoms with Gasteiger partial charge in [-0.1, -0.05) is 23.2 Å². The Hall–Kier alpha value is -1.57. The molecular formula is C10H7Cl2N3O3S. The van der Waals surface area contributed by atoms with Crippen LogP contribution in [0.4, 0.5) is 5.69 Å². The molecule has 0 spiro atoms. The molecule has 0 saturated carbocycles. The Morgan fingerprint density at radius 2 is 2.21 bits per heavy atom. The Kier molecular flexibility index (Phi) is 4.08. The van der Waals surface area contributed by atoms with Gasteiger partial charge in [0.05, 0.1) is 21.8 Å². The number of carbonyl (C=O) groups excluding carboxylic acids is 1. The van der Waals surface area contributed by atoms with Crippen molar-refractivity contribution < 1.29 is 14.7 Å². The Bertz CT molecular complexity index is 638. The number of aliphatic carboxylic acids is 1. The van der Waals surface area contributed by atoms with Crippen LogP contribution in [0, 0.1) is 0 Å². The zero-order valence-corrected chi connectivity index (χ0v) is 11.6. The van der Waals surface area contributed by atoms with E-state index >= 15 is 0 Å². The van der Waals surface area contributed by atoms with E-state index in [2.05, 4.69) is 10.4 Å². The number of carboxylic acids is 1. The van der Waals surface area contributed by atoms with Gasteiger partial charge in [0.2, 0.25) is 0 Å². The molecule has 2 aromatic rings. The van der Waals surface area contributed by atoms with Crippen LogP contribution in [0.2, 0.25) is 8.67 Å². The fraction of sp³-hybridized carbons (Fsp3) is 0.100. The number of anilines is 1. The predicted octanol–water partition coefficient (Wildman–Crippen LogP) is 2.59. The molecule has 0 fully saturated rings. The molecule has 0 aliphatic rings. The highest BCUT2D eigenvalue weighted by Crippen LogP contribution is 2.31. The van der Waals surface area contributed by atoms with Gasteiger partial charge < -0.3 is 10.4 Å². The van der Waals surface area contributed by atoms with E-state index in [0.29, 0.717) is 14.4 Å². The smallest absolute Gasteiger partial charge is 0.325 e. The maximum atomic E-state index is 11.9. The van der Waals surface area contributed by atoms with E-state index in [1.54, 1.807) is 0 Å². The predicted molar refractivity (Wildman–Crippen MR) is 72.2 cm³/mol. The van der Waals surface area contributed by atoms with E-state index in [1.807, 2.05) is 0 Å². The molecule has 1 amide bonds. The standard InChI is InChI=1S/C10H7Cl2N3O3S/c11-7-1-6(9(12)19-7)10(18)14-5-2-13-15(3-5)4-8(16)17/h1-3H,4H2,(H,14,18)(H,16,17). The molecule has 0 aliphatic carbocycles. The van der Waals surface area contributed by atoms with Gasteiger partial charge in [0.1, 0.15) is 10.9 Å². The van der Waals surface area contributed by atoms with Crippen molar-refractivity contribution in [3.63, 3.8) is 0 Å². The molecule has 19 heavy (non-hydrogen) atoms. The van der Waals surface area contributed by atoms with E-state index in [9.17, 15) is 9.59 Å². The number of carboxylic acid groups (broad SMARTS) is 1. The number of amides is 1. The molecule has 100 valence electrons. The summed E-state index contributed by atoms with van der Waals surface area (Å²) in [7, 11) is 0. The Morgan fingerprint density at radius 1 is 1.47 bits per heavy atom. The summed E-state index contributed by atoms with van der Waals surface area (Å²) in [5.74, 6) is -1.45. The number of nitrogens with one attached hydrogen (secondary N) is 1. The average molecular weight is 320 g/mol. The summed E-state index contributed by atoms with van der Waals surface area (Å²) in [6.45, 7) is -0.277. The van der Waals surface area contributed by atoms with E-state index in [4.69, 9.17) is 28.3 Å². The van der Waals surface area contributed by atoms with Crippen molar-refractivity contribution in [1.29, 1.82) is 0 Å². The van der Waals surface area contributed by atoms with Crippen LogP contribution in [-0.2, 0) is 11.3 Å². The molecule has 2 rings (SSSR count). The largest absolute Gasteiger partial charge is 0.480 e. The minimum atomic E-state index is -1.02. The number of hydrogen-bond acceptors (Lipinski definition) is 4. The monoisotopic (exact) mass is 319 g/mol. The van der Waals surface area contributed by atoms with Gasteiger partial charge in [-0.25, -0.2) is 0 Å². The Balaban J connectivity index is 2.09. The summed E-state index contributed by atoms with van der Waals surface area (Å²) < 4.78 is 1.90. The van der Waals surface area contributed by atoms with Gasteiger partial charge in [-0.05, 0) is 6.07 Å². The van der Waals surface area contributed by atoms with E-state index in [0.717, 1.165) is 11.3 Å². The number of rotatable bonds is 4. The zero-order chi connectivity index (χ0) is 14.0. The first-order valence-electron chi connectivity index (χ1n) is 4.96. The third-order valence-corrected chi connectivity index (χ3v) is 3.58. The van der Waals surface area contributed by atoms with Gasteiger partial charge in [0.25, 0.3) is 5.91 Å². The molecule has 0 radical (unpaired) electrons.